The van der Waals surface area contributed by atoms with Crippen LogP contribution in [0.4, 0.5) is 0 Å². The van der Waals surface area contributed by atoms with Crippen molar-refractivity contribution in [2.75, 3.05) is 41.0 Å². The van der Waals surface area contributed by atoms with Crippen molar-refractivity contribution in [1.29, 1.82) is 0 Å². The second-order valence-corrected chi connectivity index (χ2v) is 13.3. The second kappa shape index (κ2) is 21.9. The molecule has 0 aromatic heterocycles. The summed E-state index contributed by atoms with van der Waals surface area (Å²) in [6, 6.07) is 18.3. The minimum atomic E-state index is -0.801. The highest BCUT2D eigenvalue weighted by Crippen LogP contribution is 2.30. The molecule has 10 nitrogen and oxygen atoms in total. The number of hydrogen-bond donors (Lipinski definition) is 1. The standard InChI is InChI=1S/C39H59NO9/c1-7-37(42)49-36-25-38(43)48-29(3)19-21-40(26-33(41)28(2)22-31(23-35(36)44-4)24-39(45-5)46-6)20-13-17-32-16-11-12-18-34(32)47-27-30-14-9-8-10-15-30/h8-12,14-16,18,28-29,31,33,35-36,39,41H,7,13,17,19-27H2,1-6H3. The van der Waals surface area contributed by atoms with Gasteiger partial charge in [0.15, 0.2) is 6.29 Å². The topological polar surface area (TPSA) is 113 Å². The van der Waals surface area contributed by atoms with Crippen molar-refractivity contribution in [2.24, 2.45) is 11.8 Å². The molecule has 274 valence electrons. The van der Waals surface area contributed by atoms with Crippen LogP contribution in [0.25, 0.3) is 0 Å². The number of esters is 2. The van der Waals surface area contributed by atoms with E-state index in [2.05, 4.69) is 30.0 Å². The second-order valence-electron chi connectivity index (χ2n) is 13.3. The predicted molar refractivity (Wildman–Crippen MR) is 188 cm³/mol. The van der Waals surface area contributed by atoms with Crippen molar-refractivity contribution in [1.82, 2.24) is 4.90 Å². The summed E-state index contributed by atoms with van der Waals surface area (Å²) in [4.78, 5) is 27.8. The lowest BCUT2D eigenvalue weighted by atomic mass is 9.84. The number of aryl methyl sites for hydroxylation is 1. The van der Waals surface area contributed by atoms with Gasteiger partial charge in [0.25, 0.3) is 0 Å². The molecule has 10 heteroatoms. The van der Waals surface area contributed by atoms with E-state index in [0.29, 0.717) is 45.4 Å². The number of hydrogen-bond acceptors (Lipinski definition) is 10. The van der Waals surface area contributed by atoms with E-state index < -0.39 is 36.5 Å². The quantitative estimate of drug-likeness (QED) is 0.189. The lowest BCUT2D eigenvalue weighted by Gasteiger charge is -2.33. The fourth-order valence-corrected chi connectivity index (χ4v) is 6.44. The number of nitrogens with zero attached hydrogens (tertiary/aromatic N) is 1. The van der Waals surface area contributed by atoms with E-state index in [1.54, 1.807) is 28.3 Å². The van der Waals surface area contributed by atoms with E-state index in [1.165, 1.54) is 0 Å². The molecule has 1 aliphatic rings. The lowest BCUT2D eigenvalue weighted by molar-refractivity contribution is -0.166. The Morgan fingerprint density at radius 3 is 2.41 bits per heavy atom. The Bertz CT molecular complexity index is 1220. The van der Waals surface area contributed by atoms with E-state index in [9.17, 15) is 14.7 Å². The van der Waals surface area contributed by atoms with Crippen LogP contribution >= 0.6 is 0 Å². The molecule has 1 fully saturated rings. The molecule has 0 aliphatic carbocycles. The number of rotatable bonds is 14. The van der Waals surface area contributed by atoms with Gasteiger partial charge in [-0.2, -0.15) is 0 Å². The van der Waals surface area contributed by atoms with E-state index >= 15 is 0 Å². The van der Waals surface area contributed by atoms with Gasteiger partial charge in [0.1, 0.15) is 24.6 Å². The number of ether oxygens (including phenoxy) is 6. The van der Waals surface area contributed by atoms with E-state index in [-0.39, 0.29) is 30.8 Å². The molecule has 2 aromatic rings. The predicted octanol–water partition coefficient (Wildman–Crippen LogP) is 5.96. The number of para-hydroxylation sites is 1. The summed E-state index contributed by atoms with van der Waals surface area (Å²) in [7, 11) is 4.76. The molecular formula is C39H59NO9. The zero-order valence-corrected chi connectivity index (χ0v) is 30.4. The molecule has 2 aromatic carbocycles. The molecule has 1 aliphatic heterocycles. The van der Waals surface area contributed by atoms with Gasteiger partial charge in [-0.1, -0.05) is 62.4 Å². The first-order valence-corrected chi connectivity index (χ1v) is 17.8. The number of β-amino-alcohol motifs (C(OH)–C–C–N with tert-alkyl or cyclic N) is 1. The van der Waals surface area contributed by atoms with Gasteiger partial charge in [0.2, 0.25) is 0 Å². The van der Waals surface area contributed by atoms with Crippen molar-refractivity contribution < 1.29 is 43.1 Å². The van der Waals surface area contributed by atoms with Crippen molar-refractivity contribution in [2.45, 2.75) is 109 Å². The van der Waals surface area contributed by atoms with Gasteiger partial charge < -0.3 is 38.4 Å². The first kappa shape index (κ1) is 40.4. The average Bonchev–Trinajstić information content (AvgIpc) is 3.10. The number of carbonyl (C=O) groups is 2. The minimum Gasteiger partial charge on any atom is -0.489 e. The van der Waals surface area contributed by atoms with Crippen LogP contribution in [-0.4, -0.2) is 93.6 Å². The number of cyclic esters (lactones) is 1. The monoisotopic (exact) mass is 685 g/mol. The largest absolute Gasteiger partial charge is 0.489 e. The summed E-state index contributed by atoms with van der Waals surface area (Å²) < 4.78 is 34.7. The third-order valence-corrected chi connectivity index (χ3v) is 9.40. The Morgan fingerprint density at radius 2 is 1.71 bits per heavy atom. The Kier molecular flexibility index (Phi) is 18.1. The maximum Gasteiger partial charge on any atom is 0.309 e. The molecule has 6 atom stereocenters. The summed E-state index contributed by atoms with van der Waals surface area (Å²) in [5, 5.41) is 11.5. The molecule has 0 saturated carbocycles. The number of aliphatic hydroxyl groups excluding tert-OH is 1. The van der Waals surface area contributed by atoms with Crippen LogP contribution in [0.2, 0.25) is 0 Å². The Hall–Kier alpha value is -3.02. The summed E-state index contributed by atoms with van der Waals surface area (Å²) in [5.74, 6) is -0.0226. The minimum absolute atomic E-state index is 0.0109. The Morgan fingerprint density at radius 1 is 1.00 bits per heavy atom. The van der Waals surface area contributed by atoms with Crippen molar-refractivity contribution in [3.8, 4) is 5.75 Å². The summed E-state index contributed by atoms with van der Waals surface area (Å²) in [6.45, 7) is 8.07. The molecule has 1 saturated heterocycles. The molecule has 0 spiro atoms. The first-order valence-electron chi connectivity index (χ1n) is 17.8. The first-order chi connectivity index (χ1) is 23.6. The van der Waals surface area contributed by atoms with E-state index in [4.69, 9.17) is 28.4 Å². The van der Waals surface area contributed by atoms with Crippen LogP contribution in [0.15, 0.2) is 54.6 Å². The van der Waals surface area contributed by atoms with Gasteiger partial charge in [-0.05, 0) is 74.6 Å². The van der Waals surface area contributed by atoms with Gasteiger partial charge in [-0.3, -0.25) is 9.59 Å². The lowest BCUT2D eigenvalue weighted by Crippen LogP contribution is -2.39. The molecule has 49 heavy (non-hydrogen) atoms. The van der Waals surface area contributed by atoms with Crippen molar-refractivity contribution in [3.05, 3.63) is 65.7 Å². The maximum absolute atomic E-state index is 13.1. The molecule has 1 N–H and O–H groups in total. The fourth-order valence-electron chi connectivity index (χ4n) is 6.44. The van der Waals surface area contributed by atoms with Gasteiger partial charge in [-0.25, -0.2) is 0 Å². The maximum atomic E-state index is 13.1. The van der Waals surface area contributed by atoms with E-state index in [0.717, 1.165) is 36.3 Å². The number of aliphatic hydroxyl groups is 1. The van der Waals surface area contributed by atoms with Gasteiger partial charge >= 0.3 is 11.9 Å². The summed E-state index contributed by atoms with van der Waals surface area (Å²) in [5.41, 5.74) is 2.27. The smallest absolute Gasteiger partial charge is 0.309 e. The fraction of sp³-hybridized carbons (Fsp3) is 0.641. The summed E-state index contributed by atoms with van der Waals surface area (Å²) in [6.07, 6.45) is 1.31. The highest BCUT2D eigenvalue weighted by molar-refractivity contribution is 5.72. The Labute approximate surface area is 293 Å². The third kappa shape index (κ3) is 14.4. The zero-order valence-electron chi connectivity index (χ0n) is 30.4. The third-order valence-electron chi connectivity index (χ3n) is 9.40. The van der Waals surface area contributed by atoms with Crippen LogP contribution in [0.5, 0.6) is 5.75 Å². The number of benzene rings is 2. The van der Waals surface area contributed by atoms with Crippen LogP contribution < -0.4 is 4.74 Å². The molecule has 0 radical (unpaired) electrons. The number of methoxy groups -OCH3 is 3. The summed E-state index contributed by atoms with van der Waals surface area (Å²) >= 11 is 0. The van der Waals surface area contributed by atoms with Gasteiger partial charge in [0.05, 0.1) is 18.6 Å². The molecule has 3 rings (SSSR count). The molecule has 1 heterocycles. The average molecular weight is 686 g/mol. The van der Waals surface area contributed by atoms with E-state index in [1.807, 2.05) is 43.3 Å². The Balaban J connectivity index is 1.75. The highest BCUT2D eigenvalue weighted by atomic mass is 16.7. The molecule has 0 bridgehead atoms. The van der Waals surface area contributed by atoms with Crippen LogP contribution in [0.1, 0.15) is 76.8 Å². The molecular weight excluding hydrogens is 626 g/mol. The van der Waals surface area contributed by atoms with Gasteiger partial charge in [-0.15, -0.1) is 0 Å². The van der Waals surface area contributed by atoms with Crippen LogP contribution in [0, 0.1) is 11.8 Å². The molecule has 6 unspecified atom stereocenters. The highest BCUT2D eigenvalue weighted by Gasteiger charge is 2.34. The number of carbonyl (C=O) groups excluding carboxylic acids is 2. The normalized spacial score (nSPS) is 24.9. The zero-order chi connectivity index (χ0) is 35.6. The van der Waals surface area contributed by atoms with Crippen molar-refractivity contribution in [3.63, 3.8) is 0 Å². The van der Waals surface area contributed by atoms with Crippen LogP contribution in [-0.2, 0) is 46.3 Å². The van der Waals surface area contributed by atoms with Crippen molar-refractivity contribution >= 4 is 11.9 Å². The van der Waals surface area contributed by atoms with Gasteiger partial charge in [0, 0.05) is 47.3 Å². The van der Waals surface area contributed by atoms with Crippen LogP contribution in [0.3, 0.4) is 0 Å². The molecule has 0 amide bonds. The SMILES string of the molecule is CCC(=O)OC1CC(=O)OC(C)CCN(CCCc2ccccc2OCc2ccccc2)CC(O)C(C)CC(CC(OC)OC)CC1OC.